The maximum atomic E-state index is 12.1. The average molecular weight is 321 g/mol. The van der Waals surface area contributed by atoms with Crippen molar-refractivity contribution in [1.29, 1.82) is 0 Å². The van der Waals surface area contributed by atoms with Gasteiger partial charge in [-0.3, -0.25) is 4.79 Å². The standard InChI is InChI=1S/C17H27N3O3/c1-5-6-7-8-11-14(20-16(22)23-17(2,3)4)19-15(21)13-10-9-12-18-13/h9-10,12,18H,5-8,11H2,1-4H3,(H,19,20,21,22). The topological polar surface area (TPSA) is 83.5 Å². The predicted molar refractivity (Wildman–Crippen MR) is 90.7 cm³/mol. The number of aliphatic imine (C=N–C) groups is 1. The quantitative estimate of drug-likeness (QED) is 0.471. The van der Waals surface area contributed by atoms with Crippen molar-refractivity contribution in [3.05, 3.63) is 24.0 Å². The summed E-state index contributed by atoms with van der Waals surface area (Å²) in [6.45, 7) is 7.46. The SMILES string of the molecule is CCCCCCC(=NC(=O)OC(C)(C)C)NC(=O)c1ccc[nH]1. The van der Waals surface area contributed by atoms with E-state index in [-0.39, 0.29) is 5.91 Å². The smallest absolute Gasteiger partial charge is 0.435 e. The fourth-order valence-corrected chi connectivity index (χ4v) is 1.93. The first-order valence-corrected chi connectivity index (χ1v) is 8.07. The Labute approximate surface area is 137 Å². The molecule has 2 amide bonds. The fourth-order valence-electron chi connectivity index (χ4n) is 1.93. The number of carbonyl (C=O) groups is 2. The average Bonchev–Trinajstić information content (AvgIpc) is 2.95. The van der Waals surface area contributed by atoms with Crippen molar-refractivity contribution in [2.45, 2.75) is 65.4 Å². The van der Waals surface area contributed by atoms with E-state index in [9.17, 15) is 9.59 Å². The maximum absolute atomic E-state index is 12.1. The van der Waals surface area contributed by atoms with Gasteiger partial charge in [0.05, 0.1) is 0 Å². The summed E-state index contributed by atoms with van der Waals surface area (Å²) in [7, 11) is 0. The highest BCUT2D eigenvalue weighted by molar-refractivity contribution is 6.07. The van der Waals surface area contributed by atoms with Crippen LogP contribution in [0.4, 0.5) is 4.79 Å². The zero-order chi connectivity index (χ0) is 17.3. The first-order valence-electron chi connectivity index (χ1n) is 8.07. The number of H-pyrrole nitrogens is 1. The van der Waals surface area contributed by atoms with E-state index >= 15 is 0 Å². The van der Waals surface area contributed by atoms with Crippen molar-refractivity contribution >= 4 is 17.8 Å². The highest BCUT2D eigenvalue weighted by atomic mass is 16.6. The van der Waals surface area contributed by atoms with Gasteiger partial charge in [-0.1, -0.05) is 26.2 Å². The van der Waals surface area contributed by atoms with Gasteiger partial charge in [0.2, 0.25) is 0 Å². The second-order valence-electron chi connectivity index (χ2n) is 6.39. The number of aromatic amines is 1. The van der Waals surface area contributed by atoms with E-state index in [1.807, 2.05) is 0 Å². The first kappa shape index (κ1) is 18.9. The Kier molecular flexibility index (Phi) is 7.51. The van der Waals surface area contributed by atoms with Crippen molar-refractivity contribution in [3.8, 4) is 0 Å². The highest BCUT2D eigenvalue weighted by Crippen LogP contribution is 2.09. The minimum atomic E-state index is -0.685. The lowest BCUT2D eigenvalue weighted by Gasteiger charge is -2.18. The lowest BCUT2D eigenvalue weighted by atomic mass is 10.1. The summed E-state index contributed by atoms with van der Waals surface area (Å²) < 4.78 is 5.18. The second kappa shape index (κ2) is 9.12. The van der Waals surface area contributed by atoms with Crippen LogP contribution in [-0.4, -0.2) is 28.4 Å². The van der Waals surface area contributed by atoms with Crippen LogP contribution in [0.1, 0.15) is 70.3 Å². The summed E-state index contributed by atoms with van der Waals surface area (Å²) in [5.74, 6) is 0.0303. The summed E-state index contributed by atoms with van der Waals surface area (Å²) in [6.07, 6.45) is 5.64. The third-order valence-electron chi connectivity index (χ3n) is 2.99. The van der Waals surface area contributed by atoms with Gasteiger partial charge < -0.3 is 15.0 Å². The Balaban J connectivity index is 2.71. The molecule has 0 spiro atoms. The van der Waals surface area contributed by atoms with Crippen LogP contribution in [0, 0.1) is 0 Å². The van der Waals surface area contributed by atoms with E-state index in [0.717, 1.165) is 25.7 Å². The number of amidine groups is 1. The van der Waals surface area contributed by atoms with Crippen molar-refractivity contribution in [2.24, 2.45) is 4.99 Å². The number of ether oxygens (including phenoxy) is 1. The molecule has 0 unspecified atom stereocenters. The zero-order valence-electron chi connectivity index (χ0n) is 14.4. The lowest BCUT2D eigenvalue weighted by Crippen LogP contribution is -2.32. The van der Waals surface area contributed by atoms with Crippen LogP contribution in [0.3, 0.4) is 0 Å². The molecule has 0 atom stereocenters. The summed E-state index contributed by atoms with van der Waals surface area (Å²) in [5.41, 5.74) is -0.187. The highest BCUT2D eigenvalue weighted by Gasteiger charge is 2.17. The lowest BCUT2D eigenvalue weighted by molar-refractivity contribution is 0.0603. The van der Waals surface area contributed by atoms with Crippen LogP contribution in [0.15, 0.2) is 23.3 Å². The van der Waals surface area contributed by atoms with Gasteiger partial charge >= 0.3 is 6.09 Å². The van der Waals surface area contributed by atoms with E-state index in [2.05, 4.69) is 22.2 Å². The Bertz CT molecular complexity index is 528. The monoisotopic (exact) mass is 321 g/mol. The Hall–Kier alpha value is -2.11. The fraction of sp³-hybridized carbons (Fsp3) is 0.588. The van der Waals surface area contributed by atoms with E-state index in [0.29, 0.717) is 18.0 Å². The Morgan fingerprint density at radius 3 is 2.57 bits per heavy atom. The number of rotatable bonds is 6. The normalized spacial score (nSPS) is 12.1. The Morgan fingerprint density at radius 1 is 1.26 bits per heavy atom. The van der Waals surface area contributed by atoms with Crippen molar-refractivity contribution < 1.29 is 14.3 Å². The summed E-state index contributed by atoms with van der Waals surface area (Å²) in [5, 5.41) is 2.69. The van der Waals surface area contributed by atoms with Gasteiger partial charge in [0, 0.05) is 12.6 Å². The summed E-state index contributed by atoms with van der Waals surface area (Å²) in [4.78, 5) is 30.7. The van der Waals surface area contributed by atoms with Crippen LogP contribution >= 0.6 is 0 Å². The first-order chi connectivity index (χ1) is 10.8. The molecule has 0 aromatic carbocycles. The van der Waals surface area contributed by atoms with Gasteiger partial charge in [-0.25, -0.2) is 4.79 Å². The molecule has 1 heterocycles. The van der Waals surface area contributed by atoms with Crippen LogP contribution in [0.25, 0.3) is 0 Å². The molecule has 0 radical (unpaired) electrons. The molecule has 1 aromatic heterocycles. The van der Waals surface area contributed by atoms with Gasteiger partial charge in [-0.2, -0.15) is 4.99 Å². The summed E-state index contributed by atoms with van der Waals surface area (Å²) >= 11 is 0. The van der Waals surface area contributed by atoms with Gasteiger partial charge in [0.25, 0.3) is 5.91 Å². The van der Waals surface area contributed by atoms with Gasteiger partial charge in [-0.05, 0) is 39.3 Å². The van der Waals surface area contributed by atoms with E-state index in [1.54, 1.807) is 39.1 Å². The van der Waals surface area contributed by atoms with Gasteiger partial charge in [0.15, 0.2) is 0 Å². The molecule has 2 N–H and O–H groups in total. The van der Waals surface area contributed by atoms with Crippen LogP contribution in [-0.2, 0) is 4.74 Å². The number of unbranched alkanes of at least 4 members (excludes halogenated alkanes) is 3. The molecule has 23 heavy (non-hydrogen) atoms. The van der Waals surface area contributed by atoms with Crippen molar-refractivity contribution in [2.75, 3.05) is 0 Å². The van der Waals surface area contributed by atoms with Crippen LogP contribution in [0.2, 0.25) is 0 Å². The molecule has 0 aliphatic carbocycles. The number of hydrogen-bond donors (Lipinski definition) is 2. The number of aromatic nitrogens is 1. The molecule has 0 bridgehead atoms. The number of nitrogens with zero attached hydrogens (tertiary/aromatic N) is 1. The number of carbonyl (C=O) groups excluding carboxylic acids is 2. The number of nitrogens with one attached hydrogen (secondary N) is 2. The molecule has 128 valence electrons. The minimum Gasteiger partial charge on any atom is -0.442 e. The molecule has 1 rings (SSSR count). The Morgan fingerprint density at radius 2 is 2.00 bits per heavy atom. The molecule has 6 heteroatoms. The van der Waals surface area contributed by atoms with E-state index < -0.39 is 11.7 Å². The van der Waals surface area contributed by atoms with E-state index in [1.165, 1.54) is 0 Å². The third-order valence-corrected chi connectivity index (χ3v) is 2.99. The molecule has 0 fully saturated rings. The molecule has 0 saturated carbocycles. The molecular weight excluding hydrogens is 294 g/mol. The molecule has 6 nitrogen and oxygen atoms in total. The van der Waals surface area contributed by atoms with E-state index in [4.69, 9.17) is 4.74 Å². The van der Waals surface area contributed by atoms with Gasteiger partial charge in [-0.15, -0.1) is 0 Å². The molecule has 0 saturated heterocycles. The molecule has 0 aliphatic rings. The third kappa shape index (κ3) is 8.18. The maximum Gasteiger partial charge on any atom is 0.435 e. The van der Waals surface area contributed by atoms with Crippen LogP contribution < -0.4 is 5.32 Å². The van der Waals surface area contributed by atoms with Gasteiger partial charge in [0.1, 0.15) is 17.1 Å². The second-order valence-corrected chi connectivity index (χ2v) is 6.39. The molecule has 0 aliphatic heterocycles. The van der Waals surface area contributed by atoms with Crippen molar-refractivity contribution in [1.82, 2.24) is 10.3 Å². The zero-order valence-corrected chi connectivity index (χ0v) is 14.4. The molecular formula is C17H27N3O3. The number of amides is 2. The van der Waals surface area contributed by atoms with Crippen LogP contribution in [0.5, 0.6) is 0 Å². The van der Waals surface area contributed by atoms with Crippen molar-refractivity contribution in [3.63, 3.8) is 0 Å². The minimum absolute atomic E-state index is 0.312. The molecule has 1 aromatic rings. The predicted octanol–water partition coefficient (Wildman–Crippen LogP) is 4.05. The number of hydrogen-bond acceptors (Lipinski definition) is 3. The largest absolute Gasteiger partial charge is 0.442 e. The summed E-state index contributed by atoms with van der Waals surface area (Å²) in [6, 6.07) is 3.40.